The summed E-state index contributed by atoms with van der Waals surface area (Å²) in [6.07, 6.45) is 17.9. The Kier molecular flexibility index (Phi) is 14.3. The third-order valence-corrected chi connectivity index (χ3v) is 7.51. The average Bonchev–Trinajstić information content (AvgIpc) is 2.55. The lowest BCUT2D eigenvalue weighted by molar-refractivity contribution is -0.128. The molecule has 0 radical (unpaired) electrons. The van der Waals surface area contributed by atoms with Crippen LogP contribution in [-0.4, -0.2) is 22.6 Å². The molecule has 32 heavy (non-hydrogen) atoms. The minimum absolute atomic E-state index is 0. The highest BCUT2D eigenvalue weighted by atomic mass is 35.5. The van der Waals surface area contributed by atoms with Crippen molar-refractivity contribution < 1.29 is 19.2 Å². The van der Waals surface area contributed by atoms with Crippen LogP contribution in [0.15, 0.2) is 0 Å². The van der Waals surface area contributed by atoms with Crippen molar-refractivity contribution in [1.29, 1.82) is 0 Å². The summed E-state index contributed by atoms with van der Waals surface area (Å²) < 4.78 is 0. The van der Waals surface area contributed by atoms with Gasteiger partial charge in [-0.1, -0.05) is 71.6 Å². The predicted octanol–water partition coefficient (Wildman–Crippen LogP) is 7.24. The predicted molar refractivity (Wildman–Crippen MR) is 131 cm³/mol. The molecule has 0 aromatic carbocycles. The van der Waals surface area contributed by atoms with Gasteiger partial charge in [-0.15, -0.1) is 0 Å². The molecule has 4 nitrogen and oxygen atoms in total. The highest BCUT2D eigenvalue weighted by molar-refractivity contribution is 6.63. The summed E-state index contributed by atoms with van der Waals surface area (Å²) in [5.41, 5.74) is 0. The number of carbonyl (C=O) groups excluding carboxylic acids is 4. The number of carbonyl (C=O) groups is 4. The van der Waals surface area contributed by atoms with Crippen molar-refractivity contribution in [3.63, 3.8) is 0 Å². The molecule has 0 aliphatic heterocycles. The zero-order valence-electron chi connectivity index (χ0n) is 19.3. The molecule has 0 atom stereocenters. The molecule has 0 heterocycles. The Bertz CT molecular complexity index is 547. The van der Waals surface area contributed by atoms with Crippen LogP contribution in [0.4, 0.5) is 0 Å². The summed E-state index contributed by atoms with van der Waals surface area (Å²) >= 11 is 5.15. The smallest absolute Gasteiger partial charge is 0.221 e. The highest BCUT2D eigenvalue weighted by Crippen LogP contribution is 2.32. The molecular weight excluding hydrogens is 424 g/mol. The van der Waals surface area contributed by atoms with Gasteiger partial charge in [0.2, 0.25) is 5.24 Å². The average molecular weight is 469 g/mol. The Labute approximate surface area is 200 Å². The van der Waals surface area contributed by atoms with E-state index >= 15 is 0 Å². The van der Waals surface area contributed by atoms with Crippen molar-refractivity contribution >= 4 is 34.2 Å². The number of ketones is 3. The first kappa shape index (κ1) is 29.0. The highest BCUT2D eigenvalue weighted by Gasteiger charge is 2.24. The zero-order chi connectivity index (χ0) is 22.6. The molecule has 4 rings (SSSR count). The van der Waals surface area contributed by atoms with Gasteiger partial charge in [0.25, 0.3) is 0 Å². The Balaban J connectivity index is 0.000000257. The summed E-state index contributed by atoms with van der Waals surface area (Å²) in [6, 6.07) is 0. The van der Waals surface area contributed by atoms with Crippen molar-refractivity contribution in [2.75, 3.05) is 0 Å². The normalized spacial score (nSPS) is 20.3. The second kappa shape index (κ2) is 15.7. The van der Waals surface area contributed by atoms with Crippen molar-refractivity contribution in [3.8, 4) is 0 Å². The standard InChI is InChI=1S/C13H20O2.C7H12O.C6H9ClO.CH4/c14-12(7-10-3-1-4-10)9-13(15)8-11-5-2-6-11;1-6(8)5-7-3-2-4-7;7-6(8)4-5-2-1-3-5;/h10-11H,1-9H2;7H,2-5H2,1H3;5H,1-4H2;1H4. The van der Waals surface area contributed by atoms with Crippen LogP contribution in [0.2, 0.25) is 0 Å². The van der Waals surface area contributed by atoms with Gasteiger partial charge in [-0.05, 0) is 55.0 Å². The van der Waals surface area contributed by atoms with Crippen LogP contribution < -0.4 is 0 Å². The molecule has 0 aromatic heterocycles. The van der Waals surface area contributed by atoms with Crippen LogP contribution in [-0.2, 0) is 19.2 Å². The SMILES string of the molecule is C.CC(=O)CC1CCC1.O=C(CC(=O)CC1CCC1)CC1CCC1.O=C(Cl)CC1CCC1. The number of hydrogen-bond acceptors (Lipinski definition) is 4. The fourth-order valence-electron chi connectivity index (χ4n) is 4.43. The molecule has 4 fully saturated rings. The van der Waals surface area contributed by atoms with Crippen molar-refractivity contribution in [1.82, 2.24) is 0 Å². The number of rotatable bonds is 10. The van der Waals surface area contributed by atoms with Crippen LogP contribution in [0.25, 0.3) is 0 Å². The van der Waals surface area contributed by atoms with Gasteiger partial charge in [0.1, 0.15) is 17.3 Å². The maximum atomic E-state index is 11.5. The van der Waals surface area contributed by atoms with E-state index in [1.165, 1.54) is 77.0 Å². The lowest BCUT2D eigenvalue weighted by atomic mass is 9.79. The van der Waals surface area contributed by atoms with E-state index in [0.717, 1.165) is 12.3 Å². The maximum Gasteiger partial charge on any atom is 0.221 e. The molecule has 5 heteroatoms. The van der Waals surface area contributed by atoms with Gasteiger partial charge in [-0.3, -0.25) is 14.4 Å². The fourth-order valence-corrected chi connectivity index (χ4v) is 4.65. The summed E-state index contributed by atoms with van der Waals surface area (Å²) in [4.78, 5) is 43.7. The molecule has 0 spiro atoms. The molecule has 4 aliphatic carbocycles. The first-order valence-electron chi connectivity index (χ1n) is 12.5. The van der Waals surface area contributed by atoms with Gasteiger partial charge in [-0.2, -0.15) is 0 Å². The van der Waals surface area contributed by atoms with E-state index in [9.17, 15) is 19.2 Å². The summed E-state index contributed by atoms with van der Waals surface area (Å²) in [7, 11) is 0. The monoisotopic (exact) mass is 468 g/mol. The van der Waals surface area contributed by atoms with Crippen molar-refractivity contribution in [3.05, 3.63) is 0 Å². The van der Waals surface area contributed by atoms with E-state index < -0.39 is 0 Å². The first-order chi connectivity index (χ1) is 14.8. The zero-order valence-corrected chi connectivity index (χ0v) is 20.1. The number of halogens is 1. The minimum atomic E-state index is -0.172. The Morgan fingerprint density at radius 1 is 0.594 bits per heavy atom. The van der Waals surface area contributed by atoms with Crippen LogP contribution in [0.1, 0.15) is 124 Å². The second-order valence-electron chi connectivity index (χ2n) is 10.3. The largest absolute Gasteiger partial charge is 0.300 e. The molecule has 0 unspecified atom stereocenters. The van der Waals surface area contributed by atoms with Crippen LogP contribution >= 0.6 is 11.6 Å². The van der Waals surface area contributed by atoms with Crippen molar-refractivity contribution in [2.45, 2.75) is 124 Å². The van der Waals surface area contributed by atoms with E-state index in [1.54, 1.807) is 6.92 Å². The molecule has 0 bridgehead atoms. The van der Waals surface area contributed by atoms with Gasteiger partial charge in [0.15, 0.2) is 0 Å². The summed E-state index contributed by atoms with van der Waals surface area (Å²) in [5.74, 6) is 3.32. The van der Waals surface area contributed by atoms with E-state index in [1.807, 2.05) is 0 Å². The van der Waals surface area contributed by atoms with E-state index in [0.29, 0.717) is 42.8 Å². The van der Waals surface area contributed by atoms with Gasteiger partial charge < -0.3 is 4.79 Å². The molecule has 184 valence electrons. The molecule has 0 N–H and O–H groups in total. The van der Waals surface area contributed by atoms with Crippen molar-refractivity contribution in [2.24, 2.45) is 23.7 Å². The van der Waals surface area contributed by atoms with Gasteiger partial charge in [0.05, 0.1) is 6.42 Å². The van der Waals surface area contributed by atoms with Crippen LogP contribution in [0, 0.1) is 23.7 Å². The Hall–Kier alpha value is -1.03. The molecular formula is C27H45ClO4. The third kappa shape index (κ3) is 12.3. The van der Waals surface area contributed by atoms with Gasteiger partial charge >= 0.3 is 0 Å². The van der Waals surface area contributed by atoms with Crippen LogP contribution in [0.5, 0.6) is 0 Å². The Morgan fingerprint density at radius 2 is 0.906 bits per heavy atom. The quantitative estimate of drug-likeness (QED) is 0.250. The fraction of sp³-hybridized carbons (Fsp3) is 0.852. The lowest BCUT2D eigenvalue weighted by Gasteiger charge is -2.25. The second-order valence-corrected chi connectivity index (χ2v) is 10.7. The number of Topliss-reactive ketones (excluding diaryl/α,β-unsaturated/α-hetero) is 3. The van der Waals surface area contributed by atoms with Gasteiger partial charge in [-0.25, -0.2) is 0 Å². The molecule has 4 aliphatic rings. The Morgan fingerprint density at radius 3 is 1.09 bits per heavy atom. The summed E-state index contributed by atoms with van der Waals surface area (Å²) in [6.45, 7) is 1.68. The summed E-state index contributed by atoms with van der Waals surface area (Å²) in [5, 5.41) is -0.172. The van der Waals surface area contributed by atoms with Gasteiger partial charge in [0, 0.05) is 25.7 Å². The minimum Gasteiger partial charge on any atom is -0.300 e. The first-order valence-corrected chi connectivity index (χ1v) is 12.9. The maximum absolute atomic E-state index is 11.5. The molecule has 0 aromatic rings. The lowest BCUT2D eigenvalue weighted by Crippen LogP contribution is -2.20. The van der Waals surface area contributed by atoms with E-state index in [2.05, 4.69) is 0 Å². The van der Waals surface area contributed by atoms with E-state index in [-0.39, 0.29) is 30.7 Å². The molecule has 0 saturated heterocycles. The van der Waals surface area contributed by atoms with Crippen LogP contribution in [0.3, 0.4) is 0 Å². The van der Waals surface area contributed by atoms with E-state index in [4.69, 9.17) is 11.6 Å². The topological polar surface area (TPSA) is 68.3 Å². The molecule has 0 amide bonds. The molecule has 4 saturated carbocycles. The third-order valence-electron chi connectivity index (χ3n) is 7.35. The number of hydrogen-bond donors (Lipinski definition) is 0.